The molecule has 1 saturated heterocycles. The van der Waals surface area contributed by atoms with Crippen LogP contribution < -0.4 is 10.5 Å². The number of nitrogens with zero attached hydrogens (tertiary/aromatic N) is 5. The van der Waals surface area contributed by atoms with Crippen molar-refractivity contribution >= 4 is 38.8 Å². The van der Waals surface area contributed by atoms with Crippen LogP contribution in [-0.4, -0.2) is 59.6 Å². The number of carbonyl (C=O) groups is 1. The number of hydrogen-bond acceptors (Lipinski definition) is 7. The van der Waals surface area contributed by atoms with E-state index in [1.165, 1.54) is 12.1 Å². The minimum absolute atomic E-state index is 0.00764. The van der Waals surface area contributed by atoms with Crippen LogP contribution >= 0.6 is 15.9 Å². The lowest BCUT2D eigenvalue weighted by molar-refractivity contribution is 0.111. The second kappa shape index (κ2) is 12.1. The minimum atomic E-state index is -0.554. The summed E-state index contributed by atoms with van der Waals surface area (Å²) in [6, 6.07) is 13.8. The third-order valence-corrected chi connectivity index (χ3v) is 7.26. The Kier molecular flexibility index (Phi) is 8.61. The molecule has 3 heterocycles. The molecule has 0 amide bonds. The van der Waals surface area contributed by atoms with Gasteiger partial charge in [-0.3, -0.25) is 9.59 Å². The molecule has 0 saturated carbocycles. The average molecular weight is 577 g/mol. The predicted molar refractivity (Wildman–Crippen MR) is 148 cm³/mol. The molecule has 4 aromatic rings. The van der Waals surface area contributed by atoms with Crippen LogP contribution in [0.5, 0.6) is 0 Å². The van der Waals surface area contributed by atoms with E-state index < -0.39 is 5.82 Å². The second-order valence-corrected chi connectivity index (χ2v) is 9.96. The van der Waals surface area contributed by atoms with Crippen LogP contribution in [0, 0.1) is 24.1 Å². The zero-order chi connectivity index (χ0) is 27.2. The van der Waals surface area contributed by atoms with E-state index in [0.717, 1.165) is 53.0 Å². The number of pyridine rings is 1. The number of carbonyl (C=O) groups excluding carboxylic acids is 1. The molecule has 0 unspecified atom stereocenters. The molecule has 2 aromatic carbocycles. The number of anilines is 1. The van der Waals surface area contributed by atoms with Crippen molar-refractivity contribution in [1.29, 1.82) is 5.26 Å². The molecule has 8 nitrogen and oxygen atoms in total. The Morgan fingerprint density at radius 1 is 1.13 bits per heavy atom. The largest absolute Gasteiger partial charge is 0.354 e. The molecule has 1 aliphatic rings. The van der Waals surface area contributed by atoms with Crippen LogP contribution in [0.25, 0.3) is 10.8 Å². The highest BCUT2D eigenvalue weighted by molar-refractivity contribution is 9.10. The highest BCUT2D eigenvalue weighted by Gasteiger charge is 2.15. The molecule has 0 atom stereocenters. The lowest BCUT2D eigenvalue weighted by atomic mass is 10.0. The van der Waals surface area contributed by atoms with E-state index in [1.807, 2.05) is 25.1 Å². The van der Waals surface area contributed by atoms with Crippen molar-refractivity contribution in [3.05, 3.63) is 97.3 Å². The number of likely N-dealkylation sites (N-methyl/N-ethyl adjacent to an activating group) is 1. The van der Waals surface area contributed by atoms with Gasteiger partial charge in [0.15, 0.2) is 6.29 Å². The number of piperazine rings is 1. The van der Waals surface area contributed by atoms with Gasteiger partial charge >= 0.3 is 0 Å². The molecule has 1 fully saturated rings. The monoisotopic (exact) mass is 576 g/mol. The third kappa shape index (κ3) is 6.30. The molecule has 10 heteroatoms. The second-order valence-electron chi connectivity index (χ2n) is 9.10. The molecule has 5 rings (SSSR count). The van der Waals surface area contributed by atoms with E-state index in [9.17, 15) is 14.0 Å². The molecular formula is C28H26BrFN6O2. The number of fused-ring (bicyclic) bond motifs is 1. The van der Waals surface area contributed by atoms with Crippen LogP contribution in [0.1, 0.15) is 32.7 Å². The molecule has 2 aromatic heterocycles. The van der Waals surface area contributed by atoms with Gasteiger partial charge in [0.2, 0.25) is 0 Å². The van der Waals surface area contributed by atoms with Crippen molar-refractivity contribution in [1.82, 2.24) is 20.1 Å². The van der Waals surface area contributed by atoms with Crippen LogP contribution in [0.4, 0.5) is 10.2 Å². The average Bonchev–Trinajstić information content (AvgIpc) is 2.93. The van der Waals surface area contributed by atoms with Crippen LogP contribution in [-0.2, 0) is 6.42 Å². The van der Waals surface area contributed by atoms with Crippen molar-refractivity contribution < 1.29 is 9.18 Å². The number of aromatic amines is 1. The molecule has 38 heavy (non-hydrogen) atoms. The molecule has 1 aliphatic heterocycles. The third-order valence-electron chi connectivity index (χ3n) is 6.41. The first-order valence-electron chi connectivity index (χ1n) is 12.0. The molecule has 1 N–H and O–H groups in total. The van der Waals surface area contributed by atoms with Gasteiger partial charge < -0.3 is 9.80 Å². The number of rotatable bonds is 4. The Morgan fingerprint density at radius 2 is 1.89 bits per heavy atom. The number of hydrogen-bond donors (Lipinski definition) is 1. The number of aldehydes is 1. The highest BCUT2D eigenvalue weighted by atomic mass is 79.9. The van der Waals surface area contributed by atoms with E-state index in [4.69, 9.17) is 5.26 Å². The smallest absolute Gasteiger partial charge is 0.272 e. The van der Waals surface area contributed by atoms with E-state index >= 15 is 0 Å². The topological polar surface area (TPSA) is 106 Å². The van der Waals surface area contributed by atoms with Crippen molar-refractivity contribution in [2.45, 2.75) is 13.3 Å². The standard InChI is InChI=1S/C17H12BrFN2O2.C11H14N4/c1-9-4-13-12(7-14(9)18)16(20-21-17(13)23)6-10-2-3-15(19)11(5-10)8-22;1-14-4-6-15(7-5-14)11-3-2-10(8-12)9-13-11/h2-5,7-8H,6H2,1H3,(H,21,23);2-3,9H,4-7H2,1H3. The van der Waals surface area contributed by atoms with E-state index in [-0.39, 0.29) is 11.1 Å². The summed E-state index contributed by atoms with van der Waals surface area (Å²) >= 11 is 3.46. The van der Waals surface area contributed by atoms with Gasteiger partial charge in [0.25, 0.3) is 5.56 Å². The number of nitriles is 1. The maximum Gasteiger partial charge on any atom is 0.272 e. The van der Waals surface area contributed by atoms with Gasteiger partial charge in [-0.25, -0.2) is 14.5 Å². The number of aromatic nitrogens is 3. The summed E-state index contributed by atoms with van der Waals surface area (Å²) in [6.07, 6.45) is 2.49. The Labute approximate surface area is 227 Å². The first-order valence-corrected chi connectivity index (χ1v) is 12.8. The quantitative estimate of drug-likeness (QED) is 0.362. The Morgan fingerprint density at radius 3 is 2.55 bits per heavy atom. The van der Waals surface area contributed by atoms with Crippen molar-refractivity contribution in [3.8, 4) is 6.07 Å². The Hall–Kier alpha value is -3.94. The fourth-order valence-corrected chi connectivity index (χ4v) is 4.49. The number of benzene rings is 2. The van der Waals surface area contributed by atoms with E-state index in [1.54, 1.807) is 18.3 Å². The van der Waals surface area contributed by atoms with Gasteiger partial charge in [0.05, 0.1) is 22.2 Å². The fourth-order valence-electron chi connectivity index (χ4n) is 4.14. The molecule has 194 valence electrons. The van der Waals surface area contributed by atoms with Crippen molar-refractivity contribution in [2.24, 2.45) is 0 Å². The maximum absolute atomic E-state index is 13.4. The van der Waals surface area contributed by atoms with Gasteiger partial charge in [-0.05, 0) is 61.5 Å². The van der Waals surface area contributed by atoms with Gasteiger partial charge in [-0.2, -0.15) is 10.4 Å². The number of nitrogens with one attached hydrogen (secondary N) is 1. The number of halogens is 2. The SMILES string of the molecule is CN1CCN(c2ccc(C#N)cn2)CC1.Cc1cc2c(=O)[nH]nc(Cc3ccc(F)c(C=O)c3)c2cc1Br. The summed E-state index contributed by atoms with van der Waals surface area (Å²) in [5.41, 5.74) is 2.72. The predicted octanol–water partition coefficient (Wildman–Crippen LogP) is 4.24. The number of H-pyrrole nitrogens is 1. The zero-order valence-electron chi connectivity index (χ0n) is 21.0. The zero-order valence-corrected chi connectivity index (χ0v) is 22.6. The van der Waals surface area contributed by atoms with Crippen LogP contribution in [0.15, 0.2) is 57.9 Å². The summed E-state index contributed by atoms with van der Waals surface area (Å²) < 4.78 is 14.3. The van der Waals surface area contributed by atoms with Crippen molar-refractivity contribution in [2.75, 3.05) is 38.1 Å². The van der Waals surface area contributed by atoms with Crippen LogP contribution in [0.2, 0.25) is 0 Å². The Balaban J connectivity index is 0.000000194. The molecule has 0 radical (unpaired) electrons. The Bertz CT molecular complexity index is 1560. The first kappa shape index (κ1) is 27.1. The molecular weight excluding hydrogens is 551 g/mol. The lowest BCUT2D eigenvalue weighted by Gasteiger charge is -2.33. The maximum atomic E-state index is 13.4. The molecule has 0 spiro atoms. The van der Waals surface area contributed by atoms with E-state index in [0.29, 0.717) is 29.4 Å². The summed E-state index contributed by atoms with van der Waals surface area (Å²) in [5, 5.41) is 16.5. The number of aryl methyl sites for hydroxylation is 1. The van der Waals surface area contributed by atoms with Crippen molar-refractivity contribution in [3.63, 3.8) is 0 Å². The van der Waals surface area contributed by atoms with Gasteiger partial charge in [-0.1, -0.05) is 22.0 Å². The fraction of sp³-hybridized carbons (Fsp3) is 0.250. The first-order chi connectivity index (χ1) is 18.3. The summed E-state index contributed by atoms with van der Waals surface area (Å²) in [4.78, 5) is 31.7. The summed E-state index contributed by atoms with van der Waals surface area (Å²) in [7, 11) is 2.13. The minimum Gasteiger partial charge on any atom is -0.354 e. The van der Waals surface area contributed by atoms with E-state index in [2.05, 4.69) is 54.0 Å². The van der Waals surface area contributed by atoms with Gasteiger partial charge in [0.1, 0.15) is 17.7 Å². The summed E-state index contributed by atoms with van der Waals surface area (Å²) in [5.74, 6) is 0.420. The summed E-state index contributed by atoms with van der Waals surface area (Å²) in [6.45, 7) is 6.06. The van der Waals surface area contributed by atoms with Crippen LogP contribution in [0.3, 0.4) is 0 Å². The molecule has 0 aliphatic carbocycles. The van der Waals surface area contributed by atoms with Gasteiger partial charge in [-0.15, -0.1) is 0 Å². The lowest BCUT2D eigenvalue weighted by Crippen LogP contribution is -2.44. The van der Waals surface area contributed by atoms with Gasteiger partial charge in [0, 0.05) is 48.7 Å². The normalized spacial score (nSPS) is 13.5. The highest BCUT2D eigenvalue weighted by Crippen LogP contribution is 2.25. The molecule has 0 bridgehead atoms.